The average molecular weight is 424 g/mol. The highest BCUT2D eigenvalue weighted by Gasteiger charge is 2.59. The Labute approximate surface area is 173 Å². The minimum absolute atomic E-state index is 0.0563. The van der Waals surface area contributed by atoms with E-state index in [0.29, 0.717) is 28.5 Å². The Hall–Kier alpha value is -1.77. The molecule has 3 unspecified atom stereocenters. The highest BCUT2D eigenvalue weighted by atomic mass is 35.5. The van der Waals surface area contributed by atoms with E-state index in [2.05, 4.69) is 15.0 Å². The maximum Gasteiger partial charge on any atom is 0.253 e. The molecule has 3 fully saturated rings. The van der Waals surface area contributed by atoms with E-state index in [1.54, 1.807) is 24.1 Å². The van der Waals surface area contributed by atoms with Gasteiger partial charge in [-0.15, -0.1) is 0 Å². The van der Waals surface area contributed by atoms with E-state index in [-0.39, 0.29) is 18.8 Å². The molecule has 0 amide bonds. The first-order valence-corrected chi connectivity index (χ1v) is 10.3. The minimum Gasteiger partial charge on any atom is -0.383 e. The van der Waals surface area contributed by atoms with Crippen LogP contribution >= 0.6 is 11.6 Å². The summed E-state index contributed by atoms with van der Waals surface area (Å²) in [6.07, 6.45) is 1.57. The van der Waals surface area contributed by atoms with Crippen molar-refractivity contribution in [3.63, 3.8) is 0 Å². The number of rotatable bonds is 7. The first-order chi connectivity index (χ1) is 13.9. The number of alkyl halides is 2. The van der Waals surface area contributed by atoms with Gasteiger partial charge in [-0.25, -0.2) is 13.8 Å². The van der Waals surface area contributed by atoms with E-state index >= 15 is 0 Å². The van der Waals surface area contributed by atoms with E-state index in [1.807, 2.05) is 6.07 Å². The fraction of sp³-hybridized carbons (Fsp3) is 0.600. The van der Waals surface area contributed by atoms with Gasteiger partial charge in [-0.1, -0.05) is 11.6 Å². The summed E-state index contributed by atoms with van der Waals surface area (Å²) in [5.74, 6) is -1.43. The zero-order valence-electron chi connectivity index (χ0n) is 16.2. The fourth-order valence-corrected chi connectivity index (χ4v) is 4.87. The highest BCUT2D eigenvalue weighted by molar-refractivity contribution is 6.33. The molecule has 2 aromatic rings. The fourth-order valence-electron chi connectivity index (χ4n) is 4.71. The number of halogens is 3. The largest absolute Gasteiger partial charge is 0.383 e. The van der Waals surface area contributed by atoms with Gasteiger partial charge in [-0.05, 0) is 24.0 Å². The highest BCUT2D eigenvalue weighted by Crippen LogP contribution is 2.59. The molecule has 29 heavy (non-hydrogen) atoms. The van der Waals surface area contributed by atoms with E-state index in [0.717, 1.165) is 37.5 Å². The lowest BCUT2D eigenvalue weighted by molar-refractivity contribution is 0.0939. The molecule has 2 N–H and O–H groups in total. The number of nitrogen functional groups attached to an aromatic ring is 1. The Morgan fingerprint density at radius 3 is 2.66 bits per heavy atom. The number of likely N-dealkylation sites (tertiary alicyclic amines) is 1. The van der Waals surface area contributed by atoms with Crippen molar-refractivity contribution in [3.8, 4) is 11.3 Å². The normalized spacial score (nSPS) is 29.8. The van der Waals surface area contributed by atoms with Crippen LogP contribution in [0, 0.1) is 17.8 Å². The van der Waals surface area contributed by atoms with Crippen molar-refractivity contribution in [2.75, 3.05) is 39.1 Å². The number of hydrogen-bond donors (Lipinski definition) is 1. The van der Waals surface area contributed by atoms with Gasteiger partial charge in [0.15, 0.2) is 0 Å². The predicted molar refractivity (Wildman–Crippen MR) is 106 cm³/mol. The zero-order chi connectivity index (χ0) is 20.3. The number of nitrogens with zero attached hydrogens (tertiary/aromatic N) is 4. The quantitative estimate of drug-likeness (QED) is 0.741. The Morgan fingerprint density at radius 1 is 1.31 bits per heavy atom. The van der Waals surface area contributed by atoms with Gasteiger partial charge in [0.05, 0.1) is 23.9 Å². The molecule has 156 valence electrons. The van der Waals surface area contributed by atoms with E-state index < -0.39 is 11.8 Å². The second-order valence-corrected chi connectivity index (χ2v) is 8.90. The molecule has 1 saturated heterocycles. The zero-order valence-corrected chi connectivity index (χ0v) is 16.9. The number of nitrogens with two attached hydrogens (primary N) is 1. The van der Waals surface area contributed by atoms with Crippen molar-refractivity contribution in [3.05, 3.63) is 29.0 Å². The van der Waals surface area contributed by atoms with Gasteiger partial charge >= 0.3 is 0 Å². The number of aromatic nitrogens is 3. The van der Waals surface area contributed by atoms with Gasteiger partial charge in [0.1, 0.15) is 5.82 Å². The summed E-state index contributed by atoms with van der Waals surface area (Å²) in [7, 11) is 1.71. The lowest BCUT2D eigenvalue weighted by Crippen LogP contribution is -2.28. The minimum atomic E-state index is -2.56. The second kappa shape index (κ2) is 6.89. The van der Waals surface area contributed by atoms with Crippen LogP contribution in [0.2, 0.25) is 5.02 Å². The lowest BCUT2D eigenvalue weighted by Gasteiger charge is -2.19. The maximum absolute atomic E-state index is 13.6. The topological polar surface area (TPSA) is 69.2 Å². The molecule has 1 aliphatic heterocycles. The third-order valence-electron chi connectivity index (χ3n) is 6.55. The Bertz CT molecular complexity index is 924. The molecule has 0 aromatic carbocycles. The van der Waals surface area contributed by atoms with Gasteiger partial charge < -0.3 is 15.4 Å². The molecule has 4 atom stereocenters. The Balaban J connectivity index is 1.39. The molecule has 0 radical (unpaired) electrons. The SMILES string of the molecule is COCCN1CC2C(c3cc(-c4cnc(N)c(Cl)c4)nn3CC3CC3(F)F)[C@H]2C1. The number of fused-ring (bicyclic) bond motifs is 1. The van der Waals surface area contributed by atoms with Crippen LogP contribution < -0.4 is 5.73 Å². The Morgan fingerprint density at radius 2 is 2.03 bits per heavy atom. The van der Waals surface area contributed by atoms with Crippen LogP contribution in [0.4, 0.5) is 14.6 Å². The van der Waals surface area contributed by atoms with E-state index in [9.17, 15) is 8.78 Å². The van der Waals surface area contributed by atoms with Crippen molar-refractivity contribution in [1.29, 1.82) is 0 Å². The smallest absolute Gasteiger partial charge is 0.253 e. The van der Waals surface area contributed by atoms with Crippen LogP contribution in [-0.4, -0.2) is 58.9 Å². The summed E-state index contributed by atoms with van der Waals surface area (Å²) in [5, 5.41) is 5.03. The third-order valence-corrected chi connectivity index (χ3v) is 6.85. The van der Waals surface area contributed by atoms with Gasteiger partial charge in [-0.3, -0.25) is 4.68 Å². The van der Waals surface area contributed by atoms with Crippen LogP contribution in [0.25, 0.3) is 11.3 Å². The third kappa shape index (κ3) is 3.51. The van der Waals surface area contributed by atoms with E-state index in [1.165, 1.54) is 0 Å². The monoisotopic (exact) mass is 423 g/mol. The molecule has 2 saturated carbocycles. The van der Waals surface area contributed by atoms with Crippen molar-refractivity contribution in [2.45, 2.75) is 24.8 Å². The molecule has 5 rings (SSSR count). The number of ether oxygens (including phenoxy) is 1. The van der Waals surface area contributed by atoms with Crippen LogP contribution in [0.3, 0.4) is 0 Å². The lowest BCUT2D eigenvalue weighted by atomic mass is 10.1. The van der Waals surface area contributed by atoms with E-state index in [4.69, 9.17) is 22.1 Å². The number of anilines is 1. The molecular weight excluding hydrogens is 400 g/mol. The molecule has 2 aromatic heterocycles. The Kier molecular flexibility index (Phi) is 4.56. The van der Waals surface area contributed by atoms with Crippen LogP contribution in [0.15, 0.2) is 18.3 Å². The summed E-state index contributed by atoms with van der Waals surface area (Å²) >= 11 is 6.12. The van der Waals surface area contributed by atoms with Crippen molar-refractivity contribution in [1.82, 2.24) is 19.7 Å². The standard InChI is InChI=1S/C20H24ClF2N5O/c1-29-3-2-27-9-13-14(10-27)18(13)17-5-16(11-4-15(21)19(24)25-7-11)26-28(17)8-12-6-20(12,22)23/h4-5,7,12-14,18H,2-3,6,8-10H2,1H3,(H2,24,25)/t12?,13-,14?,18?/m0/s1. The summed E-state index contributed by atoms with van der Waals surface area (Å²) in [5.41, 5.74) is 8.22. The maximum atomic E-state index is 13.6. The van der Waals surface area contributed by atoms with Gasteiger partial charge in [0.25, 0.3) is 5.92 Å². The van der Waals surface area contributed by atoms with Crippen molar-refractivity contribution in [2.24, 2.45) is 17.8 Å². The molecule has 2 aliphatic carbocycles. The molecule has 3 heterocycles. The predicted octanol–water partition coefficient (Wildman–Crippen LogP) is 3.13. The van der Waals surface area contributed by atoms with Crippen LogP contribution in [0.1, 0.15) is 18.0 Å². The molecule has 0 spiro atoms. The molecular formula is C20H24ClF2N5O. The van der Waals surface area contributed by atoms with Crippen molar-refractivity contribution >= 4 is 17.4 Å². The van der Waals surface area contributed by atoms with Gasteiger partial charge in [0, 0.05) is 62.5 Å². The summed E-state index contributed by atoms with van der Waals surface area (Å²) in [6.45, 7) is 3.96. The summed E-state index contributed by atoms with van der Waals surface area (Å²) in [6, 6.07) is 3.75. The molecule has 9 heteroatoms. The number of pyridine rings is 1. The molecule has 3 aliphatic rings. The first-order valence-electron chi connectivity index (χ1n) is 9.95. The summed E-state index contributed by atoms with van der Waals surface area (Å²) < 4.78 is 34.1. The number of hydrogen-bond acceptors (Lipinski definition) is 5. The van der Waals surface area contributed by atoms with Gasteiger partial charge in [-0.2, -0.15) is 5.10 Å². The van der Waals surface area contributed by atoms with Gasteiger partial charge in [0.2, 0.25) is 0 Å². The van der Waals surface area contributed by atoms with Crippen LogP contribution in [-0.2, 0) is 11.3 Å². The number of piperidine rings is 1. The van der Waals surface area contributed by atoms with Crippen LogP contribution in [0.5, 0.6) is 0 Å². The second-order valence-electron chi connectivity index (χ2n) is 8.50. The first kappa shape index (κ1) is 19.2. The van der Waals surface area contributed by atoms with Crippen molar-refractivity contribution < 1.29 is 13.5 Å². The molecule has 0 bridgehead atoms. The molecule has 6 nitrogen and oxygen atoms in total. The summed E-state index contributed by atoms with van der Waals surface area (Å²) in [4.78, 5) is 6.52. The average Bonchev–Trinajstić information content (AvgIpc) is 3.33. The number of methoxy groups -OCH3 is 1.